The van der Waals surface area contributed by atoms with Crippen molar-refractivity contribution < 1.29 is 29.1 Å². The molecule has 0 aromatic carbocycles. The number of hydrogen-bond acceptors (Lipinski definition) is 7. The SMILES string of the molecule is CC(C)C(NC(=O)C(CCCCN)NC(=O)C(CCC(N)=O)NC(=O)CN)C(=O)O. The molecule has 0 saturated carbocycles. The van der Waals surface area contributed by atoms with E-state index in [-0.39, 0.29) is 31.7 Å². The van der Waals surface area contributed by atoms with Crippen LogP contribution in [-0.4, -0.2) is 65.9 Å². The van der Waals surface area contributed by atoms with E-state index in [1.807, 2.05) is 0 Å². The second-order valence-electron chi connectivity index (χ2n) is 7.24. The molecule has 0 spiro atoms. The first kappa shape index (κ1) is 27.3. The number of nitrogens with two attached hydrogens (primary N) is 3. The van der Waals surface area contributed by atoms with Crippen LogP contribution in [0.1, 0.15) is 46.0 Å². The van der Waals surface area contributed by atoms with Crippen molar-refractivity contribution in [3.63, 3.8) is 0 Å². The standard InChI is InChI=1S/C18H34N6O6/c1-10(2)15(18(29)30)24-17(28)11(5-3-4-8-19)23-16(27)12(6-7-13(21)25)22-14(26)9-20/h10-12,15H,3-9,19-20H2,1-2H3,(H2,21,25)(H,22,26)(H,23,27)(H,24,28)(H,29,30). The first-order valence-electron chi connectivity index (χ1n) is 9.84. The lowest BCUT2D eigenvalue weighted by atomic mass is 10.0. The second-order valence-corrected chi connectivity index (χ2v) is 7.24. The molecule has 0 fully saturated rings. The number of hydrogen-bond donors (Lipinski definition) is 7. The van der Waals surface area contributed by atoms with E-state index < -0.39 is 47.7 Å². The van der Waals surface area contributed by atoms with Gasteiger partial charge in [-0.3, -0.25) is 19.2 Å². The molecule has 0 radical (unpaired) electrons. The molecule has 0 aromatic heterocycles. The van der Waals surface area contributed by atoms with Crippen LogP contribution in [0.2, 0.25) is 0 Å². The minimum Gasteiger partial charge on any atom is -0.480 e. The van der Waals surface area contributed by atoms with Gasteiger partial charge in [-0.05, 0) is 38.1 Å². The lowest BCUT2D eigenvalue weighted by molar-refractivity contribution is -0.143. The van der Waals surface area contributed by atoms with E-state index in [1.54, 1.807) is 13.8 Å². The Kier molecular flexibility index (Phi) is 13.0. The van der Waals surface area contributed by atoms with Crippen LogP contribution in [0.15, 0.2) is 0 Å². The fraction of sp³-hybridized carbons (Fsp3) is 0.722. The van der Waals surface area contributed by atoms with Crippen molar-refractivity contribution in [3.05, 3.63) is 0 Å². The monoisotopic (exact) mass is 430 g/mol. The average molecular weight is 431 g/mol. The fourth-order valence-corrected chi connectivity index (χ4v) is 2.61. The van der Waals surface area contributed by atoms with E-state index in [1.165, 1.54) is 0 Å². The van der Waals surface area contributed by atoms with Crippen LogP contribution in [0.3, 0.4) is 0 Å². The van der Waals surface area contributed by atoms with E-state index >= 15 is 0 Å². The molecule has 0 aliphatic heterocycles. The number of nitrogens with one attached hydrogen (secondary N) is 3. The highest BCUT2D eigenvalue weighted by Gasteiger charge is 2.30. The molecule has 0 aliphatic rings. The van der Waals surface area contributed by atoms with Crippen LogP contribution < -0.4 is 33.2 Å². The van der Waals surface area contributed by atoms with Crippen LogP contribution in [-0.2, 0) is 24.0 Å². The number of carboxylic acids is 1. The summed E-state index contributed by atoms with van der Waals surface area (Å²) < 4.78 is 0. The molecule has 0 saturated heterocycles. The van der Waals surface area contributed by atoms with E-state index in [0.29, 0.717) is 19.4 Å². The molecular formula is C18H34N6O6. The summed E-state index contributed by atoms with van der Waals surface area (Å²) in [6.07, 6.45) is 1.08. The highest BCUT2D eigenvalue weighted by Crippen LogP contribution is 2.07. The van der Waals surface area contributed by atoms with Gasteiger partial charge in [-0.2, -0.15) is 0 Å². The zero-order valence-electron chi connectivity index (χ0n) is 17.5. The highest BCUT2D eigenvalue weighted by atomic mass is 16.4. The number of unbranched alkanes of at least 4 members (excludes halogenated alkanes) is 1. The molecule has 0 aliphatic carbocycles. The van der Waals surface area contributed by atoms with E-state index in [0.717, 1.165) is 0 Å². The zero-order valence-corrected chi connectivity index (χ0v) is 17.5. The van der Waals surface area contributed by atoms with E-state index in [2.05, 4.69) is 16.0 Å². The van der Waals surface area contributed by atoms with E-state index in [4.69, 9.17) is 17.2 Å². The Morgan fingerprint density at radius 1 is 0.867 bits per heavy atom. The van der Waals surface area contributed by atoms with Crippen molar-refractivity contribution in [2.24, 2.45) is 23.1 Å². The summed E-state index contributed by atoms with van der Waals surface area (Å²) in [6.45, 7) is 3.31. The number of amides is 4. The number of carbonyl (C=O) groups excluding carboxylic acids is 4. The van der Waals surface area contributed by atoms with Crippen LogP contribution in [0.25, 0.3) is 0 Å². The van der Waals surface area contributed by atoms with Crippen molar-refractivity contribution in [1.29, 1.82) is 0 Å². The molecule has 12 nitrogen and oxygen atoms in total. The lowest BCUT2D eigenvalue weighted by Gasteiger charge is -2.25. The summed E-state index contributed by atoms with van der Waals surface area (Å²) in [5.74, 6) is -4.22. The summed E-state index contributed by atoms with van der Waals surface area (Å²) >= 11 is 0. The quantitative estimate of drug-likeness (QED) is 0.138. The largest absolute Gasteiger partial charge is 0.480 e. The van der Waals surface area contributed by atoms with Gasteiger partial charge in [0.15, 0.2) is 0 Å². The first-order valence-corrected chi connectivity index (χ1v) is 9.84. The first-order chi connectivity index (χ1) is 14.0. The van der Waals surface area contributed by atoms with Crippen LogP contribution >= 0.6 is 0 Å². The molecule has 172 valence electrons. The van der Waals surface area contributed by atoms with Crippen LogP contribution in [0, 0.1) is 5.92 Å². The van der Waals surface area contributed by atoms with Crippen LogP contribution in [0.5, 0.6) is 0 Å². The maximum atomic E-state index is 12.7. The van der Waals surface area contributed by atoms with Gasteiger partial charge in [0, 0.05) is 6.42 Å². The molecule has 3 unspecified atom stereocenters. The van der Waals surface area contributed by atoms with Gasteiger partial charge >= 0.3 is 5.97 Å². The van der Waals surface area contributed by atoms with Crippen molar-refractivity contribution in [2.45, 2.75) is 64.1 Å². The molecule has 0 heterocycles. The van der Waals surface area contributed by atoms with Gasteiger partial charge in [0.2, 0.25) is 23.6 Å². The molecule has 4 amide bonds. The normalized spacial score (nSPS) is 13.8. The third kappa shape index (κ3) is 10.7. The summed E-state index contributed by atoms with van der Waals surface area (Å²) in [5, 5.41) is 16.6. The maximum Gasteiger partial charge on any atom is 0.326 e. The molecule has 3 atom stereocenters. The minimum atomic E-state index is -1.19. The Labute approximate surface area is 175 Å². The van der Waals surface area contributed by atoms with Gasteiger partial charge in [-0.25, -0.2) is 4.79 Å². The Morgan fingerprint density at radius 2 is 1.43 bits per heavy atom. The Bertz CT molecular complexity index is 612. The molecule has 30 heavy (non-hydrogen) atoms. The molecule has 10 N–H and O–H groups in total. The van der Waals surface area contributed by atoms with Crippen LogP contribution in [0.4, 0.5) is 0 Å². The maximum absolute atomic E-state index is 12.7. The lowest BCUT2D eigenvalue weighted by Crippen LogP contribution is -2.57. The Balaban J connectivity index is 5.37. The molecular weight excluding hydrogens is 396 g/mol. The van der Waals surface area contributed by atoms with Crippen molar-refractivity contribution in [2.75, 3.05) is 13.1 Å². The summed E-state index contributed by atoms with van der Waals surface area (Å²) in [7, 11) is 0. The zero-order chi connectivity index (χ0) is 23.3. The molecule has 0 rings (SSSR count). The predicted octanol–water partition coefficient (Wildman–Crippen LogP) is -2.47. The summed E-state index contributed by atoms with van der Waals surface area (Å²) in [5.41, 5.74) is 15.8. The Morgan fingerprint density at radius 3 is 1.90 bits per heavy atom. The van der Waals surface area contributed by atoms with Gasteiger partial charge in [0.25, 0.3) is 0 Å². The number of aliphatic carboxylic acids is 1. The van der Waals surface area contributed by atoms with Crippen molar-refractivity contribution >= 4 is 29.6 Å². The van der Waals surface area contributed by atoms with Gasteiger partial charge < -0.3 is 38.3 Å². The number of rotatable bonds is 15. The summed E-state index contributed by atoms with van der Waals surface area (Å²) in [4.78, 5) is 59.4. The fourth-order valence-electron chi connectivity index (χ4n) is 2.61. The minimum absolute atomic E-state index is 0.0756. The summed E-state index contributed by atoms with van der Waals surface area (Å²) in [6, 6.07) is -3.30. The average Bonchev–Trinajstić information content (AvgIpc) is 2.67. The number of carbonyl (C=O) groups is 5. The third-order valence-electron chi connectivity index (χ3n) is 4.33. The van der Waals surface area contributed by atoms with Crippen molar-refractivity contribution in [1.82, 2.24) is 16.0 Å². The second kappa shape index (κ2) is 14.3. The van der Waals surface area contributed by atoms with Gasteiger partial charge in [0.1, 0.15) is 18.1 Å². The highest BCUT2D eigenvalue weighted by molar-refractivity contribution is 5.93. The van der Waals surface area contributed by atoms with Gasteiger partial charge in [0.05, 0.1) is 6.54 Å². The number of primary amides is 1. The van der Waals surface area contributed by atoms with Gasteiger partial charge in [-0.1, -0.05) is 13.8 Å². The van der Waals surface area contributed by atoms with Gasteiger partial charge in [-0.15, -0.1) is 0 Å². The Hall–Kier alpha value is -2.73. The van der Waals surface area contributed by atoms with E-state index in [9.17, 15) is 29.1 Å². The third-order valence-corrected chi connectivity index (χ3v) is 4.33. The topological polar surface area (TPSA) is 220 Å². The molecule has 0 aromatic rings. The predicted molar refractivity (Wildman–Crippen MR) is 109 cm³/mol. The molecule has 0 bridgehead atoms. The van der Waals surface area contributed by atoms with Crippen molar-refractivity contribution in [3.8, 4) is 0 Å². The smallest absolute Gasteiger partial charge is 0.326 e. The molecule has 12 heteroatoms. The number of carboxylic acid groups (broad SMARTS) is 1.